The highest BCUT2D eigenvalue weighted by molar-refractivity contribution is 5.59. The van der Waals surface area contributed by atoms with E-state index in [2.05, 4.69) is 13.8 Å². The Bertz CT molecular complexity index is 1170. The number of aliphatic hydroxyl groups is 1. The van der Waals surface area contributed by atoms with E-state index in [0.717, 1.165) is 0 Å². The number of rotatable bonds is 11. The smallest absolute Gasteiger partial charge is 0.204 e. The molecule has 7 heteroatoms. The minimum atomic E-state index is -1.06. The van der Waals surface area contributed by atoms with Crippen LogP contribution in [-0.2, 0) is 0 Å². The normalized spacial score (nSPS) is 13.7. The topological polar surface area (TPSA) is 75.6 Å². The van der Waals surface area contributed by atoms with Gasteiger partial charge in [0, 0.05) is 0 Å². The number of aliphatic hydroxyl groups excluding tert-OH is 1. The minimum Gasteiger partial charge on any atom is -0.489 e. The van der Waals surface area contributed by atoms with Crippen LogP contribution in [0.2, 0.25) is 0 Å². The maximum atomic E-state index is 11.9. The molecule has 2 aromatic carbocycles. The van der Waals surface area contributed by atoms with Gasteiger partial charge in [-0.05, 0) is 138 Å². The molecule has 1 unspecified atom stereocenters. The Balaban J connectivity index is 2.85. The third-order valence-electron chi connectivity index (χ3n) is 5.30. The highest BCUT2D eigenvalue weighted by Crippen LogP contribution is 2.47. The highest BCUT2D eigenvalue weighted by atomic mass is 16.6. The molecule has 244 valence electrons. The molecular formula is C36H58O7. The van der Waals surface area contributed by atoms with Gasteiger partial charge in [-0.3, -0.25) is 0 Å². The molecule has 0 amide bonds. The molecule has 0 saturated heterocycles. The number of benzene rings is 2. The van der Waals surface area contributed by atoms with Crippen molar-refractivity contribution in [3.63, 3.8) is 0 Å². The summed E-state index contributed by atoms with van der Waals surface area (Å²) in [5, 5.41) is 11.9. The molecule has 0 heterocycles. The van der Waals surface area contributed by atoms with Crippen LogP contribution in [0.5, 0.6) is 34.5 Å². The van der Waals surface area contributed by atoms with Gasteiger partial charge in [0.2, 0.25) is 11.5 Å². The maximum absolute atomic E-state index is 11.9. The van der Waals surface area contributed by atoms with Gasteiger partial charge in [0.25, 0.3) is 0 Å². The van der Waals surface area contributed by atoms with Gasteiger partial charge < -0.3 is 33.5 Å². The number of hydrogen-bond acceptors (Lipinski definition) is 7. The SMILES string of the molecule is CC(C)COc1cc(C(O)c2cc(OC(C)(C)C)c(OC(C)(C)C)c(OC(C)(C)C)c2)cc(OC(C)C)c1OC(C)(C)C. The number of hydrogen-bond donors (Lipinski definition) is 1. The monoisotopic (exact) mass is 602 g/mol. The van der Waals surface area contributed by atoms with Crippen molar-refractivity contribution in [3.8, 4) is 34.5 Å². The number of ether oxygens (including phenoxy) is 6. The van der Waals surface area contributed by atoms with E-state index in [0.29, 0.717) is 52.2 Å². The lowest BCUT2D eigenvalue weighted by atomic mass is 9.99. The van der Waals surface area contributed by atoms with Crippen LogP contribution in [0, 0.1) is 5.92 Å². The fraction of sp³-hybridized carbons (Fsp3) is 0.667. The lowest BCUT2D eigenvalue weighted by Crippen LogP contribution is -2.29. The molecule has 0 aliphatic heterocycles. The van der Waals surface area contributed by atoms with Crippen LogP contribution >= 0.6 is 0 Å². The summed E-state index contributed by atoms with van der Waals surface area (Å²) in [5.74, 6) is 3.29. The Hall–Kier alpha value is -2.80. The summed E-state index contributed by atoms with van der Waals surface area (Å²) in [4.78, 5) is 0. The third kappa shape index (κ3) is 12.4. The maximum Gasteiger partial charge on any atom is 0.204 e. The van der Waals surface area contributed by atoms with E-state index >= 15 is 0 Å². The summed E-state index contributed by atoms with van der Waals surface area (Å²) >= 11 is 0. The first-order chi connectivity index (χ1) is 19.3. The lowest BCUT2D eigenvalue weighted by Gasteiger charge is -2.31. The minimum absolute atomic E-state index is 0.125. The second kappa shape index (κ2) is 13.5. The van der Waals surface area contributed by atoms with Crippen molar-refractivity contribution in [2.45, 2.75) is 145 Å². The Morgan fingerprint density at radius 2 is 0.884 bits per heavy atom. The first-order valence-electron chi connectivity index (χ1n) is 15.4. The van der Waals surface area contributed by atoms with Crippen LogP contribution in [0.1, 0.15) is 128 Å². The van der Waals surface area contributed by atoms with E-state index in [4.69, 9.17) is 28.4 Å². The van der Waals surface area contributed by atoms with Crippen molar-refractivity contribution in [1.82, 2.24) is 0 Å². The van der Waals surface area contributed by atoms with Crippen molar-refractivity contribution in [3.05, 3.63) is 35.4 Å². The van der Waals surface area contributed by atoms with Crippen LogP contribution in [0.4, 0.5) is 0 Å². The van der Waals surface area contributed by atoms with Crippen molar-refractivity contribution in [1.29, 1.82) is 0 Å². The van der Waals surface area contributed by atoms with Crippen molar-refractivity contribution >= 4 is 0 Å². The van der Waals surface area contributed by atoms with Crippen molar-refractivity contribution in [2.75, 3.05) is 6.61 Å². The van der Waals surface area contributed by atoms with Gasteiger partial charge in [-0.25, -0.2) is 0 Å². The second-order valence-corrected chi connectivity index (χ2v) is 15.8. The molecule has 0 fully saturated rings. The third-order valence-corrected chi connectivity index (χ3v) is 5.30. The van der Waals surface area contributed by atoms with E-state index in [1.165, 1.54) is 0 Å². The van der Waals surface area contributed by atoms with Gasteiger partial charge in [0.15, 0.2) is 23.0 Å². The zero-order valence-electron chi connectivity index (χ0n) is 29.6. The lowest BCUT2D eigenvalue weighted by molar-refractivity contribution is 0.0769. The Morgan fingerprint density at radius 1 is 0.535 bits per heavy atom. The van der Waals surface area contributed by atoms with Gasteiger partial charge in [0.05, 0.1) is 12.7 Å². The largest absolute Gasteiger partial charge is 0.489 e. The summed E-state index contributed by atoms with van der Waals surface area (Å²) in [7, 11) is 0. The van der Waals surface area contributed by atoms with Crippen LogP contribution in [0.3, 0.4) is 0 Å². The van der Waals surface area contributed by atoms with Crippen molar-refractivity contribution < 1.29 is 33.5 Å². The Labute approximate surface area is 261 Å². The fourth-order valence-corrected chi connectivity index (χ4v) is 4.03. The average Bonchev–Trinajstić information content (AvgIpc) is 2.76. The fourth-order valence-electron chi connectivity index (χ4n) is 4.03. The zero-order chi connectivity index (χ0) is 33.1. The predicted octanol–water partition coefficient (Wildman–Crippen LogP) is 9.30. The molecule has 0 aliphatic rings. The standard InChI is InChI=1S/C36H58O7/c1-22(2)21-38-26-17-24(18-27(39-23(3)4)31(26)42-35(11,12)13)30(37)25-19-28(40-33(5,6)7)32(43-36(14,15)16)29(20-25)41-34(8,9)10/h17-20,22-23,30,37H,21H2,1-16H3. The van der Waals surface area contributed by atoms with Crippen molar-refractivity contribution in [2.24, 2.45) is 5.92 Å². The Morgan fingerprint density at radius 3 is 1.23 bits per heavy atom. The van der Waals surface area contributed by atoms with Gasteiger partial charge >= 0.3 is 0 Å². The quantitative estimate of drug-likeness (QED) is 0.275. The average molecular weight is 603 g/mol. The van der Waals surface area contributed by atoms with E-state index in [1.54, 1.807) is 0 Å². The molecule has 0 spiro atoms. The summed E-state index contributed by atoms with van der Waals surface area (Å²) in [6.07, 6.45) is -1.19. The van der Waals surface area contributed by atoms with Gasteiger partial charge in [-0.15, -0.1) is 0 Å². The molecule has 2 aromatic rings. The molecule has 0 radical (unpaired) electrons. The first-order valence-corrected chi connectivity index (χ1v) is 15.4. The van der Waals surface area contributed by atoms with Crippen LogP contribution in [0.15, 0.2) is 24.3 Å². The Kier molecular flexibility index (Phi) is 11.4. The first kappa shape index (κ1) is 36.4. The molecule has 0 aliphatic carbocycles. The van der Waals surface area contributed by atoms with Crippen LogP contribution in [0.25, 0.3) is 0 Å². The van der Waals surface area contributed by atoms with Gasteiger partial charge in [-0.2, -0.15) is 0 Å². The molecule has 1 N–H and O–H groups in total. The predicted molar refractivity (Wildman–Crippen MR) is 175 cm³/mol. The van der Waals surface area contributed by atoms with E-state index in [-0.39, 0.29) is 12.0 Å². The van der Waals surface area contributed by atoms with E-state index in [9.17, 15) is 5.11 Å². The second-order valence-electron chi connectivity index (χ2n) is 15.8. The summed E-state index contributed by atoms with van der Waals surface area (Å²) in [6, 6.07) is 7.30. The highest BCUT2D eigenvalue weighted by Gasteiger charge is 2.30. The van der Waals surface area contributed by atoms with Gasteiger partial charge in [-0.1, -0.05) is 13.8 Å². The summed E-state index contributed by atoms with van der Waals surface area (Å²) in [6.45, 7) is 32.3. The molecule has 0 saturated carbocycles. The zero-order valence-corrected chi connectivity index (χ0v) is 29.6. The molecule has 1 atom stereocenters. The molecule has 7 nitrogen and oxygen atoms in total. The van der Waals surface area contributed by atoms with Gasteiger partial charge in [0.1, 0.15) is 28.5 Å². The molecular weight excluding hydrogens is 544 g/mol. The van der Waals surface area contributed by atoms with Crippen LogP contribution < -0.4 is 28.4 Å². The van der Waals surface area contributed by atoms with E-state index in [1.807, 2.05) is 121 Å². The molecule has 0 bridgehead atoms. The van der Waals surface area contributed by atoms with E-state index < -0.39 is 28.5 Å². The summed E-state index contributed by atoms with van der Waals surface area (Å²) < 4.78 is 38.1. The van der Waals surface area contributed by atoms with Crippen LogP contribution in [-0.4, -0.2) is 40.2 Å². The molecule has 0 aromatic heterocycles. The summed E-state index contributed by atoms with van der Waals surface area (Å²) in [5.41, 5.74) is -0.896. The molecule has 2 rings (SSSR count). The molecule has 43 heavy (non-hydrogen) atoms.